The van der Waals surface area contributed by atoms with E-state index in [9.17, 15) is 0 Å². The Kier molecular flexibility index (Phi) is 3.66. The zero-order chi connectivity index (χ0) is 13.2. The molecule has 1 N–H and O–H groups in total. The van der Waals surface area contributed by atoms with Crippen molar-refractivity contribution in [1.82, 2.24) is 15.3 Å². The summed E-state index contributed by atoms with van der Waals surface area (Å²) in [5.74, 6) is 1.37. The molecule has 0 saturated carbocycles. The molecule has 2 atom stereocenters. The second kappa shape index (κ2) is 5.43. The Morgan fingerprint density at radius 2 is 2.32 bits per heavy atom. The summed E-state index contributed by atoms with van der Waals surface area (Å²) in [6.07, 6.45) is 4.89. The van der Waals surface area contributed by atoms with Gasteiger partial charge in [0.25, 0.3) is 0 Å². The molecular weight excluding hydrogens is 306 g/mol. The first kappa shape index (κ1) is 12.8. The molecule has 5 heteroatoms. The first-order valence-electron chi connectivity index (χ1n) is 6.51. The summed E-state index contributed by atoms with van der Waals surface area (Å²) in [6, 6.07) is 3.85. The first-order valence-corrected chi connectivity index (χ1v) is 7.31. The summed E-state index contributed by atoms with van der Waals surface area (Å²) in [6.45, 7) is 4.20. The van der Waals surface area contributed by atoms with E-state index in [4.69, 9.17) is 4.74 Å². The highest BCUT2D eigenvalue weighted by Gasteiger charge is 2.23. The van der Waals surface area contributed by atoms with Crippen molar-refractivity contribution in [2.45, 2.75) is 19.4 Å². The van der Waals surface area contributed by atoms with Crippen molar-refractivity contribution in [3.8, 4) is 5.75 Å². The SMILES string of the molecule is CC1CCNCC1Oc1ccnc2cc(Br)cnc12. The molecule has 19 heavy (non-hydrogen) atoms. The van der Waals surface area contributed by atoms with Gasteiger partial charge < -0.3 is 10.1 Å². The average molecular weight is 322 g/mol. The number of nitrogens with zero attached hydrogens (tertiary/aromatic N) is 2. The van der Waals surface area contributed by atoms with Gasteiger partial charge in [-0.2, -0.15) is 0 Å². The van der Waals surface area contributed by atoms with Gasteiger partial charge in [0.1, 0.15) is 17.4 Å². The Hall–Kier alpha value is -1.20. The minimum atomic E-state index is 0.199. The van der Waals surface area contributed by atoms with Crippen LogP contribution in [0.1, 0.15) is 13.3 Å². The van der Waals surface area contributed by atoms with Gasteiger partial charge in [-0.3, -0.25) is 4.98 Å². The maximum atomic E-state index is 6.14. The summed E-state index contributed by atoms with van der Waals surface area (Å²) in [4.78, 5) is 8.74. The van der Waals surface area contributed by atoms with Gasteiger partial charge in [-0.1, -0.05) is 6.92 Å². The number of hydrogen-bond donors (Lipinski definition) is 1. The van der Waals surface area contributed by atoms with Crippen LogP contribution in [0.25, 0.3) is 11.0 Å². The Bertz CT molecular complexity index is 590. The molecule has 2 aromatic heterocycles. The third kappa shape index (κ3) is 2.72. The van der Waals surface area contributed by atoms with Crippen LogP contribution in [0, 0.1) is 5.92 Å². The van der Waals surface area contributed by atoms with Gasteiger partial charge >= 0.3 is 0 Å². The van der Waals surface area contributed by atoms with Gasteiger partial charge in [0.15, 0.2) is 0 Å². The van der Waals surface area contributed by atoms with Crippen LogP contribution >= 0.6 is 15.9 Å². The lowest BCUT2D eigenvalue weighted by Crippen LogP contribution is -2.42. The van der Waals surface area contributed by atoms with Crippen LogP contribution in [0.2, 0.25) is 0 Å². The van der Waals surface area contributed by atoms with Gasteiger partial charge in [-0.25, -0.2) is 4.98 Å². The molecule has 4 nitrogen and oxygen atoms in total. The van der Waals surface area contributed by atoms with Crippen molar-refractivity contribution < 1.29 is 4.74 Å². The summed E-state index contributed by atoms with van der Waals surface area (Å²) in [5.41, 5.74) is 1.67. The first-order chi connectivity index (χ1) is 9.24. The average Bonchev–Trinajstić information content (AvgIpc) is 2.41. The zero-order valence-electron chi connectivity index (χ0n) is 10.8. The van der Waals surface area contributed by atoms with Crippen LogP contribution < -0.4 is 10.1 Å². The molecule has 2 aromatic rings. The molecule has 100 valence electrons. The monoisotopic (exact) mass is 321 g/mol. The van der Waals surface area contributed by atoms with Gasteiger partial charge in [-0.15, -0.1) is 0 Å². The highest BCUT2D eigenvalue weighted by molar-refractivity contribution is 9.10. The summed E-state index contributed by atoms with van der Waals surface area (Å²) in [5, 5.41) is 3.37. The van der Waals surface area contributed by atoms with Crippen molar-refractivity contribution >= 4 is 27.0 Å². The number of ether oxygens (including phenoxy) is 1. The molecule has 0 aromatic carbocycles. The van der Waals surface area contributed by atoms with Crippen molar-refractivity contribution in [2.24, 2.45) is 5.92 Å². The van der Waals surface area contributed by atoms with Gasteiger partial charge in [0, 0.05) is 29.5 Å². The van der Waals surface area contributed by atoms with Crippen molar-refractivity contribution in [3.63, 3.8) is 0 Å². The molecule has 2 unspecified atom stereocenters. The summed E-state index contributed by atoms with van der Waals surface area (Å²) in [7, 11) is 0. The number of pyridine rings is 2. The quantitative estimate of drug-likeness (QED) is 0.924. The number of rotatable bonds is 2. The number of aromatic nitrogens is 2. The molecule has 3 rings (SSSR count). The second-order valence-corrected chi connectivity index (χ2v) is 5.87. The van der Waals surface area contributed by atoms with Crippen molar-refractivity contribution in [1.29, 1.82) is 0 Å². The Balaban J connectivity index is 1.92. The molecule has 1 fully saturated rings. The minimum absolute atomic E-state index is 0.199. The van der Waals surface area contributed by atoms with Gasteiger partial charge in [0.2, 0.25) is 0 Å². The van der Waals surface area contributed by atoms with Crippen molar-refractivity contribution in [3.05, 3.63) is 29.0 Å². The van der Waals surface area contributed by atoms with E-state index in [1.807, 2.05) is 12.1 Å². The topological polar surface area (TPSA) is 47.0 Å². The van der Waals surface area contributed by atoms with E-state index in [-0.39, 0.29) is 6.10 Å². The molecule has 1 aliphatic rings. The Labute approximate surface area is 120 Å². The van der Waals surface area contributed by atoms with E-state index in [2.05, 4.69) is 38.1 Å². The van der Waals surface area contributed by atoms with E-state index < -0.39 is 0 Å². The van der Waals surface area contributed by atoms with Gasteiger partial charge in [-0.05, 0) is 40.9 Å². The predicted molar refractivity (Wildman–Crippen MR) is 78.3 cm³/mol. The third-order valence-corrected chi connectivity index (χ3v) is 3.98. The Morgan fingerprint density at radius 1 is 1.42 bits per heavy atom. The molecule has 0 radical (unpaired) electrons. The van der Waals surface area contributed by atoms with E-state index in [1.165, 1.54) is 0 Å². The summed E-state index contributed by atoms with van der Waals surface area (Å²) >= 11 is 3.41. The Morgan fingerprint density at radius 3 is 3.16 bits per heavy atom. The van der Waals surface area contributed by atoms with Crippen LogP contribution in [0.5, 0.6) is 5.75 Å². The minimum Gasteiger partial charge on any atom is -0.486 e. The lowest BCUT2D eigenvalue weighted by molar-refractivity contribution is 0.116. The maximum Gasteiger partial charge on any atom is 0.149 e. The van der Waals surface area contributed by atoms with Crippen LogP contribution in [-0.4, -0.2) is 29.2 Å². The normalized spacial score (nSPS) is 23.5. The van der Waals surface area contributed by atoms with Crippen molar-refractivity contribution in [2.75, 3.05) is 13.1 Å². The molecule has 0 aliphatic carbocycles. The highest BCUT2D eigenvalue weighted by atomic mass is 79.9. The lowest BCUT2D eigenvalue weighted by Gasteiger charge is -2.30. The second-order valence-electron chi connectivity index (χ2n) is 4.96. The van der Waals surface area contributed by atoms with Gasteiger partial charge in [0.05, 0.1) is 5.52 Å². The molecule has 0 spiro atoms. The molecule has 0 bridgehead atoms. The molecule has 0 amide bonds. The third-order valence-electron chi connectivity index (χ3n) is 3.54. The fraction of sp³-hybridized carbons (Fsp3) is 0.429. The van der Waals surface area contributed by atoms with E-state index >= 15 is 0 Å². The zero-order valence-corrected chi connectivity index (χ0v) is 12.4. The largest absolute Gasteiger partial charge is 0.486 e. The molecule has 1 aliphatic heterocycles. The molecule has 1 saturated heterocycles. The maximum absolute atomic E-state index is 6.14. The number of fused-ring (bicyclic) bond motifs is 1. The highest BCUT2D eigenvalue weighted by Crippen LogP contribution is 2.27. The van der Waals surface area contributed by atoms with Crippen LogP contribution in [0.3, 0.4) is 0 Å². The summed E-state index contributed by atoms with van der Waals surface area (Å²) < 4.78 is 7.07. The molecular formula is C14H16BrN3O. The number of piperidine rings is 1. The standard InChI is InChI=1S/C14H16BrN3O/c1-9-2-4-16-8-13(9)19-12-3-5-17-11-6-10(15)7-18-14(11)12/h3,5-7,9,13,16H,2,4,8H2,1H3. The fourth-order valence-electron chi connectivity index (χ4n) is 2.36. The predicted octanol–water partition coefficient (Wildman–Crippen LogP) is 2.77. The smallest absolute Gasteiger partial charge is 0.149 e. The van der Waals surface area contributed by atoms with E-state index in [1.54, 1.807) is 12.4 Å². The van der Waals surface area contributed by atoms with E-state index in [0.717, 1.165) is 40.8 Å². The van der Waals surface area contributed by atoms with E-state index in [0.29, 0.717) is 5.92 Å². The number of nitrogens with one attached hydrogen (secondary N) is 1. The van der Waals surface area contributed by atoms with Crippen LogP contribution in [0.15, 0.2) is 29.0 Å². The van der Waals surface area contributed by atoms with Crippen LogP contribution in [0.4, 0.5) is 0 Å². The van der Waals surface area contributed by atoms with Crippen LogP contribution in [-0.2, 0) is 0 Å². The number of halogens is 1. The fourth-order valence-corrected chi connectivity index (χ4v) is 2.68. The molecule has 3 heterocycles. The lowest BCUT2D eigenvalue weighted by atomic mass is 9.97. The number of hydrogen-bond acceptors (Lipinski definition) is 4.